The van der Waals surface area contributed by atoms with E-state index in [1.807, 2.05) is 24.3 Å². The molecule has 4 aromatic carbocycles. The minimum Gasteiger partial charge on any atom is -0.507 e. The number of phenols is 1. The van der Waals surface area contributed by atoms with Crippen LogP contribution in [0.5, 0.6) is 28.7 Å². The number of pyridine rings is 1. The molecule has 248 valence electrons. The third kappa shape index (κ3) is 7.75. The molecule has 48 heavy (non-hydrogen) atoms. The zero-order valence-corrected chi connectivity index (χ0v) is 26.9. The summed E-state index contributed by atoms with van der Waals surface area (Å²) in [4.78, 5) is 19.4. The van der Waals surface area contributed by atoms with Crippen LogP contribution in [0, 0.1) is 11.7 Å². The number of hydrogen-bond donors (Lipinski definition) is 3. The summed E-state index contributed by atoms with van der Waals surface area (Å²) in [6.45, 7) is 6.13. The molecule has 2 amide bonds. The van der Waals surface area contributed by atoms with E-state index in [9.17, 15) is 9.90 Å². The van der Waals surface area contributed by atoms with Crippen LogP contribution in [0.4, 0.5) is 14.9 Å². The molecule has 10 nitrogen and oxygen atoms in total. The average Bonchev–Trinajstić information content (AvgIpc) is 3.09. The molecule has 0 saturated carbocycles. The van der Waals surface area contributed by atoms with Crippen molar-refractivity contribution in [3.63, 3.8) is 0 Å². The number of fused-ring (bicyclic) bond motifs is 2. The van der Waals surface area contributed by atoms with E-state index in [0.717, 1.165) is 48.8 Å². The Bertz CT molecular complexity index is 1940. The number of amides is 2. The van der Waals surface area contributed by atoms with Crippen LogP contribution >= 0.6 is 0 Å². The van der Waals surface area contributed by atoms with Crippen LogP contribution in [0.1, 0.15) is 31.7 Å². The molecule has 1 saturated heterocycles. The number of aromatic nitrogens is 1. The fraction of sp³-hybridized carbons (Fsp3) is 0.270. The summed E-state index contributed by atoms with van der Waals surface area (Å²) >= 11 is 0. The maximum absolute atomic E-state index is 15.2. The lowest BCUT2D eigenvalue weighted by atomic mass is 9.99. The first kappa shape index (κ1) is 32.5. The second-order valence-electron chi connectivity index (χ2n) is 11.8. The van der Waals surface area contributed by atoms with Crippen molar-refractivity contribution in [2.24, 2.45) is 11.0 Å². The van der Waals surface area contributed by atoms with Crippen LogP contribution in [0.25, 0.3) is 21.7 Å². The lowest BCUT2D eigenvalue weighted by molar-refractivity contribution is 0.176. The molecule has 5 aromatic rings. The highest BCUT2D eigenvalue weighted by atomic mass is 19.1. The minimum atomic E-state index is -0.689. The summed E-state index contributed by atoms with van der Waals surface area (Å²) in [5.41, 5.74) is 3.60. The number of urea groups is 1. The van der Waals surface area contributed by atoms with Gasteiger partial charge in [0.15, 0.2) is 23.1 Å². The standard InChI is InChI=1S/C37H38FN5O5/c1-24-13-17-43(18-14-24)16-5-19-47-36-22-31-28(21-35(36)46-2)33(12-15-39-31)48-34-11-9-26(20-30(34)38)41-37(45)42-40-23-29-27-7-4-3-6-25(27)8-10-32(29)44/h3-4,6-12,15,20-24,44H,5,13-14,16-19H2,1-2H3,(H2,41,42,45)/b40-23+. The normalized spacial score (nSPS) is 14.0. The molecule has 1 aliphatic heterocycles. The van der Waals surface area contributed by atoms with Crippen LogP contribution in [0.15, 0.2) is 84.1 Å². The maximum Gasteiger partial charge on any atom is 0.339 e. The molecule has 0 unspecified atom stereocenters. The van der Waals surface area contributed by atoms with Crippen molar-refractivity contribution in [2.75, 3.05) is 38.7 Å². The highest BCUT2D eigenvalue weighted by molar-refractivity contribution is 6.02. The van der Waals surface area contributed by atoms with Gasteiger partial charge in [-0.25, -0.2) is 14.6 Å². The highest BCUT2D eigenvalue weighted by Gasteiger charge is 2.17. The number of methoxy groups -OCH3 is 1. The predicted octanol–water partition coefficient (Wildman–Crippen LogP) is 7.69. The number of hydrazone groups is 1. The van der Waals surface area contributed by atoms with E-state index >= 15 is 4.39 Å². The number of piperidine rings is 1. The van der Waals surface area contributed by atoms with Crippen molar-refractivity contribution in [1.29, 1.82) is 0 Å². The van der Waals surface area contributed by atoms with Crippen molar-refractivity contribution in [2.45, 2.75) is 26.2 Å². The summed E-state index contributed by atoms with van der Waals surface area (Å²) in [6.07, 6.45) is 6.33. The fourth-order valence-corrected chi connectivity index (χ4v) is 5.76. The molecule has 0 atom stereocenters. The van der Waals surface area contributed by atoms with Crippen LogP contribution in [0.3, 0.4) is 0 Å². The molecule has 0 aliphatic carbocycles. The van der Waals surface area contributed by atoms with Crippen LogP contribution < -0.4 is 25.0 Å². The Hall–Kier alpha value is -5.42. The number of likely N-dealkylation sites (tertiary alicyclic amines) is 1. The Kier molecular flexibility index (Phi) is 10.2. The number of nitrogens with zero attached hydrogens (tertiary/aromatic N) is 3. The van der Waals surface area contributed by atoms with Gasteiger partial charge in [-0.05, 0) is 79.4 Å². The number of aromatic hydroxyl groups is 1. The maximum atomic E-state index is 15.2. The second kappa shape index (κ2) is 15.0. The number of anilines is 1. The van der Waals surface area contributed by atoms with Gasteiger partial charge >= 0.3 is 6.03 Å². The third-order valence-electron chi connectivity index (χ3n) is 8.46. The monoisotopic (exact) mass is 651 g/mol. The van der Waals surface area contributed by atoms with Crippen molar-refractivity contribution >= 4 is 39.6 Å². The molecule has 0 radical (unpaired) electrons. The lowest BCUT2D eigenvalue weighted by Gasteiger charge is -2.30. The summed E-state index contributed by atoms with van der Waals surface area (Å²) in [5, 5.41) is 19.1. The van der Waals surface area contributed by atoms with E-state index in [1.165, 1.54) is 31.2 Å². The molecule has 1 fully saturated rings. The van der Waals surface area contributed by atoms with Gasteiger partial charge < -0.3 is 29.5 Å². The molecular formula is C37H38FN5O5. The quantitative estimate of drug-likeness (QED) is 0.0762. The number of phenolic OH excluding ortho intramolecular Hbond substituents is 1. The predicted molar refractivity (Wildman–Crippen MR) is 185 cm³/mol. The van der Waals surface area contributed by atoms with E-state index in [2.05, 4.69) is 32.7 Å². The van der Waals surface area contributed by atoms with E-state index in [-0.39, 0.29) is 17.2 Å². The van der Waals surface area contributed by atoms with E-state index in [1.54, 1.807) is 43.6 Å². The second-order valence-corrected chi connectivity index (χ2v) is 11.8. The van der Waals surface area contributed by atoms with Gasteiger partial charge in [-0.1, -0.05) is 37.3 Å². The van der Waals surface area contributed by atoms with Gasteiger partial charge in [-0.15, -0.1) is 0 Å². The Balaban J connectivity index is 1.07. The van der Waals surface area contributed by atoms with Crippen molar-refractivity contribution in [1.82, 2.24) is 15.3 Å². The molecule has 1 aromatic heterocycles. The molecule has 11 heteroatoms. The average molecular weight is 652 g/mol. The molecule has 0 bridgehead atoms. The number of carbonyl (C=O) groups excluding carboxylic acids is 1. The SMILES string of the molecule is COc1cc2c(Oc3ccc(NC(=O)N/N=C/c4c(O)ccc5ccccc45)cc3F)ccnc2cc1OCCCN1CCC(C)CC1. The molecule has 2 heterocycles. The van der Waals surface area contributed by atoms with Gasteiger partial charge in [0.05, 0.1) is 25.4 Å². The summed E-state index contributed by atoms with van der Waals surface area (Å²) in [6, 6.07) is 19.5. The van der Waals surface area contributed by atoms with E-state index < -0.39 is 11.8 Å². The molecule has 6 rings (SSSR count). The van der Waals surface area contributed by atoms with Crippen LogP contribution in [0.2, 0.25) is 0 Å². The molecule has 1 aliphatic rings. The minimum absolute atomic E-state index is 0.0276. The van der Waals surface area contributed by atoms with Gasteiger partial charge in [0.2, 0.25) is 0 Å². The van der Waals surface area contributed by atoms with Crippen LogP contribution in [-0.4, -0.2) is 60.6 Å². The fourth-order valence-electron chi connectivity index (χ4n) is 5.76. The number of ether oxygens (including phenoxy) is 3. The van der Waals surface area contributed by atoms with Crippen molar-refractivity contribution < 1.29 is 28.5 Å². The zero-order valence-electron chi connectivity index (χ0n) is 26.9. The van der Waals surface area contributed by atoms with Gasteiger partial charge in [-0.3, -0.25) is 4.98 Å². The summed E-state index contributed by atoms with van der Waals surface area (Å²) in [7, 11) is 1.57. The number of rotatable bonds is 11. The first-order valence-corrected chi connectivity index (χ1v) is 16.0. The van der Waals surface area contributed by atoms with E-state index in [0.29, 0.717) is 40.3 Å². The Morgan fingerprint density at radius 1 is 1.02 bits per heavy atom. The zero-order chi connectivity index (χ0) is 33.5. The van der Waals surface area contributed by atoms with Gasteiger partial charge in [-0.2, -0.15) is 5.10 Å². The third-order valence-corrected chi connectivity index (χ3v) is 8.46. The topological polar surface area (TPSA) is 118 Å². The van der Waals surface area contributed by atoms with Crippen molar-refractivity contribution in [3.05, 3.63) is 90.4 Å². The number of benzene rings is 4. The first-order valence-electron chi connectivity index (χ1n) is 16.0. The summed E-state index contributed by atoms with van der Waals surface area (Å²) < 4.78 is 32.8. The largest absolute Gasteiger partial charge is 0.507 e. The lowest BCUT2D eigenvalue weighted by Crippen LogP contribution is -2.34. The smallest absolute Gasteiger partial charge is 0.339 e. The Morgan fingerprint density at radius 3 is 2.67 bits per heavy atom. The molecule has 3 N–H and O–H groups in total. The highest BCUT2D eigenvalue weighted by Crippen LogP contribution is 2.38. The number of nitrogens with one attached hydrogen (secondary N) is 2. The first-order chi connectivity index (χ1) is 23.4. The number of hydrogen-bond acceptors (Lipinski definition) is 8. The van der Waals surface area contributed by atoms with Gasteiger partial charge in [0.25, 0.3) is 0 Å². The van der Waals surface area contributed by atoms with E-state index in [4.69, 9.17) is 14.2 Å². The Morgan fingerprint density at radius 2 is 1.85 bits per heavy atom. The number of carbonyl (C=O) groups is 1. The molecular weight excluding hydrogens is 613 g/mol. The molecule has 0 spiro atoms. The van der Waals surface area contributed by atoms with Gasteiger partial charge in [0.1, 0.15) is 11.5 Å². The summed E-state index contributed by atoms with van der Waals surface area (Å²) in [5.74, 6) is 1.60. The van der Waals surface area contributed by atoms with Crippen molar-refractivity contribution in [3.8, 4) is 28.7 Å². The van der Waals surface area contributed by atoms with Crippen LogP contribution in [-0.2, 0) is 0 Å². The van der Waals surface area contributed by atoms with Gasteiger partial charge in [0, 0.05) is 41.5 Å². The number of halogens is 1. The Labute approximate surface area is 278 Å².